The van der Waals surface area contributed by atoms with Crippen molar-refractivity contribution in [3.8, 4) is 0 Å². The summed E-state index contributed by atoms with van der Waals surface area (Å²) >= 11 is 0. The molecule has 0 spiro atoms. The van der Waals surface area contributed by atoms with E-state index in [0.717, 1.165) is 32.7 Å². The van der Waals surface area contributed by atoms with Crippen LogP contribution in [0.3, 0.4) is 0 Å². The molecule has 0 aromatic rings. The summed E-state index contributed by atoms with van der Waals surface area (Å²) in [7, 11) is 1.71. The lowest BCUT2D eigenvalue weighted by Gasteiger charge is -2.23. The molecule has 1 aliphatic rings. The molecule has 1 atom stereocenters. The molecule has 4 nitrogen and oxygen atoms in total. The first-order chi connectivity index (χ1) is 8.43. The van der Waals surface area contributed by atoms with Gasteiger partial charge in [-0.05, 0) is 32.2 Å². The van der Waals surface area contributed by atoms with E-state index in [1.807, 2.05) is 0 Å². The highest BCUT2D eigenvalue weighted by molar-refractivity contribution is 4.71. The van der Waals surface area contributed by atoms with Crippen LogP contribution in [-0.2, 0) is 14.2 Å². The summed E-state index contributed by atoms with van der Waals surface area (Å²) < 4.78 is 15.9. The molecule has 0 radical (unpaired) electrons. The Kier molecular flexibility index (Phi) is 9.61. The molecule has 1 saturated heterocycles. The van der Waals surface area contributed by atoms with E-state index in [1.54, 1.807) is 7.11 Å². The summed E-state index contributed by atoms with van der Waals surface area (Å²) in [5.74, 6) is 0. The first-order valence-corrected chi connectivity index (χ1v) is 6.81. The number of ether oxygens (including phenoxy) is 3. The Bertz CT molecular complexity index is 161. The van der Waals surface area contributed by atoms with E-state index < -0.39 is 0 Å². The third-order valence-electron chi connectivity index (χ3n) is 3.03. The molecule has 1 fully saturated rings. The first kappa shape index (κ1) is 14.9. The molecule has 102 valence electrons. The lowest BCUT2D eigenvalue weighted by molar-refractivity contribution is 0.0364. The zero-order valence-electron chi connectivity index (χ0n) is 11.1. The molecule has 4 heteroatoms. The zero-order chi connectivity index (χ0) is 12.2. The van der Waals surface area contributed by atoms with Crippen molar-refractivity contribution in [2.24, 2.45) is 0 Å². The molecule has 1 heterocycles. The Balaban J connectivity index is 1.75. The van der Waals surface area contributed by atoms with Crippen molar-refractivity contribution in [3.05, 3.63) is 0 Å². The quantitative estimate of drug-likeness (QED) is 0.593. The van der Waals surface area contributed by atoms with E-state index in [9.17, 15) is 0 Å². The van der Waals surface area contributed by atoms with Gasteiger partial charge in [0.25, 0.3) is 0 Å². The van der Waals surface area contributed by atoms with Crippen LogP contribution in [0, 0.1) is 0 Å². The molecule has 17 heavy (non-hydrogen) atoms. The molecule has 0 amide bonds. The van der Waals surface area contributed by atoms with Gasteiger partial charge in [0.05, 0.1) is 13.2 Å². The molecule has 1 rings (SSSR count). The van der Waals surface area contributed by atoms with Crippen LogP contribution >= 0.6 is 0 Å². The predicted molar refractivity (Wildman–Crippen MR) is 68.4 cm³/mol. The molecule has 0 aromatic heterocycles. The Morgan fingerprint density at radius 2 is 1.82 bits per heavy atom. The fourth-order valence-electron chi connectivity index (χ4n) is 2.02. The highest BCUT2D eigenvalue weighted by atomic mass is 16.5. The molecule has 1 aliphatic heterocycles. The minimum Gasteiger partial charge on any atom is -0.385 e. The highest BCUT2D eigenvalue weighted by Crippen LogP contribution is 2.09. The van der Waals surface area contributed by atoms with E-state index in [1.165, 1.54) is 25.8 Å². The van der Waals surface area contributed by atoms with Crippen LogP contribution in [0.5, 0.6) is 0 Å². The first-order valence-electron chi connectivity index (χ1n) is 6.81. The van der Waals surface area contributed by atoms with Crippen LogP contribution in [0.25, 0.3) is 0 Å². The standard InChI is InChI=1S/C13H27NO3/c1-15-8-4-9-16-11-12-17-10-6-13-5-2-3-7-14-13/h13-14H,2-12H2,1H3. The second-order valence-corrected chi connectivity index (χ2v) is 4.51. The van der Waals surface area contributed by atoms with Crippen molar-refractivity contribution < 1.29 is 14.2 Å². The Labute approximate surface area is 105 Å². The predicted octanol–water partition coefficient (Wildman–Crippen LogP) is 1.59. The van der Waals surface area contributed by atoms with Gasteiger partial charge in [0.1, 0.15) is 0 Å². The number of rotatable bonds is 10. The van der Waals surface area contributed by atoms with Crippen LogP contribution < -0.4 is 5.32 Å². The van der Waals surface area contributed by atoms with Crippen LogP contribution in [0.1, 0.15) is 32.1 Å². The summed E-state index contributed by atoms with van der Waals surface area (Å²) in [6.07, 6.45) is 6.08. The summed E-state index contributed by atoms with van der Waals surface area (Å²) in [5.41, 5.74) is 0. The fraction of sp³-hybridized carbons (Fsp3) is 1.00. The van der Waals surface area contributed by atoms with Crippen LogP contribution in [0.15, 0.2) is 0 Å². The van der Waals surface area contributed by atoms with Gasteiger partial charge in [-0.15, -0.1) is 0 Å². The third kappa shape index (κ3) is 8.55. The SMILES string of the molecule is COCCCOCCOCCC1CCCCN1. The second kappa shape index (κ2) is 11.0. The van der Waals surface area contributed by atoms with E-state index in [-0.39, 0.29) is 0 Å². The maximum Gasteiger partial charge on any atom is 0.0700 e. The number of hydrogen-bond donors (Lipinski definition) is 1. The number of hydrogen-bond acceptors (Lipinski definition) is 4. The molecule has 1 N–H and O–H groups in total. The molecular formula is C13H27NO3. The highest BCUT2D eigenvalue weighted by Gasteiger charge is 2.11. The van der Waals surface area contributed by atoms with Crippen molar-refractivity contribution in [1.29, 1.82) is 0 Å². The van der Waals surface area contributed by atoms with Crippen molar-refractivity contribution in [1.82, 2.24) is 5.32 Å². The van der Waals surface area contributed by atoms with Gasteiger partial charge in [-0.25, -0.2) is 0 Å². The maximum atomic E-state index is 5.55. The van der Waals surface area contributed by atoms with Crippen molar-refractivity contribution in [3.63, 3.8) is 0 Å². The zero-order valence-corrected chi connectivity index (χ0v) is 11.1. The van der Waals surface area contributed by atoms with Gasteiger partial charge in [-0.3, -0.25) is 0 Å². The fourth-order valence-corrected chi connectivity index (χ4v) is 2.02. The largest absolute Gasteiger partial charge is 0.385 e. The summed E-state index contributed by atoms with van der Waals surface area (Å²) in [4.78, 5) is 0. The van der Waals surface area contributed by atoms with Crippen LogP contribution in [0.2, 0.25) is 0 Å². The van der Waals surface area contributed by atoms with Crippen molar-refractivity contribution >= 4 is 0 Å². The lowest BCUT2D eigenvalue weighted by Crippen LogP contribution is -2.34. The minimum absolute atomic E-state index is 0.673. The summed E-state index contributed by atoms with van der Waals surface area (Å²) in [6.45, 7) is 4.96. The van der Waals surface area contributed by atoms with E-state index in [0.29, 0.717) is 19.3 Å². The second-order valence-electron chi connectivity index (χ2n) is 4.51. The molecule has 0 bridgehead atoms. The average molecular weight is 245 g/mol. The number of methoxy groups -OCH3 is 1. The Morgan fingerprint density at radius 1 is 1.00 bits per heavy atom. The monoisotopic (exact) mass is 245 g/mol. The van der Waals surface area contributed by atoms with Gasteiger partial charge < -0.3 is 19.5 Å². The van der Waals surface area contributed by atoms with Gasteiger partial charge in [0.15, 0.2) is 0 Å². The van der Waals surface area contributed by atoms with Gasteiger partial charge in [0, 0.05) is 33.0 Å². The van der Waals surface area contributed by atoms with Crippen molar-refractivity contribution in [2.75, 3.05) is 46.7 Å². The van der Waals surface area contributed by atoms with Gasteiger partial charge in [0.2, 0.25) is 0 Å². The lowest BCUT2D eigenvalue weighted by atomic mass is 10.0. The molecule has 1 unspecified atom stereocenters. The van der Waals surface area contributed by atoms with Gasteiger partial charge in [-0.1, -0.05) is 6.42 Å². The van der Waals surface area contributed by atoms with E-state index >= 15 is 0 Å². The summed E-state index contributed by atoms with van der Waals surface area (Å²) in [6, 6.07) is 0.673. The summed E-state index contributed by atoms with van der Waals surface area (Å²) in [5, 5.41) is 3.52. The van der Waals surface area contributed by atoms with Gasteiger partial charge in [-0.2, -0.15) is 0 Å². The van der Waals surface area contributed by atoms with Crippen LogP contribution in [0.4, 0.5) is 0 Å². The topological polar surface area (TPSA) is 39.7 Å². The van der Waals surface area contributed by atoms with Gasteiger partial charge >= 0.3 is 0 Å². The van der Waals surface area contributed by atoms with E-state index in [2.05, 4.69) is 5.32 Å². The normalized spacial score (nSPS) is 20.6. The molecule has 0 aromatic carbocycles. The Hall–Kier alpha value is -0.160. The number of piperidine rings is 1. The van der Waals surface area contributed by atoms with E-state index in [4.69, 9.17) is 14.2 Å². The molecular weight excluding hydrogens is 218 g/mol. The third-order valence-corrected chi connectivity index (χ3v) is 3.03. The maximum absolute atomic E-state index is 5.55. The molecule has 0 aliphatic carbocycles. The molecule has 0 saturated carbocycles. The van der Waals surface area contributed by atoms with Crippen LogP contribution in [-0.4, -0.2) is 52.7 Å². The number of nitrogens with one attached hydrogen (secondary N) is 1. The smallest absolute Gasteiger partial charge is 0.0700 e. The Morgan fingerprint density at radius 3 is 2.53 bits per heavy atom. The van der Waals surface area contributed by atoms with Crippen molar-refractivity contribution in [2.45, 2.75) is 38.1 Å². The minimum atomic E-state index is 0.673. The average Bonchev–Trinajstić information content (AvgIpc) is 2.38.